The molecule has 0 fully saturated rings. The highest BCUT2D eigenvalue weighted by molar-refractivity contribution is 6.35. The Morgan fingerprint density at radius 1 is 1.15 bits per heavy atom. The van der Waals surface area contributed by atoms with E-state index >= 15 is 0 Å². The van der Waals surface area contributed by atoms with E-state index in [2.05, 4.69) is 5.10 Å². The molecular formula is C32H29ClFN3O4. The molecule has 6 rings (SSSR count). The van der Waals surface area contributed by atoms with E-state index in [9.17, 15) is 14.3 Å². The zero-order valence-electron chi connectivity index (χ0n) is 22.8. The fourth-order valence-corrected chi connectivity index (χ4v) is 6.01. The number of hydrogen-bond acceptors (Lipinski definition) is 4. The minimum absolute atomic E-state index is 0.233. The lowest BCUT2D eigenvalue weighted by Gasteiger charge is -2.12. The third-order valence-electron chi connectivity index (χ3n) is 7.68. The summed E-state index contributed by atoms with van der Waals surface area (Å²) in [6.07, 6.45) is 4.88. The first kappa shape index (κ1) is 27.1. The molecule has 0 radical (unpaired) electrons. The van der Waals surface area contributed by atoms with Gasteiger partial charge in [0.15, 0.2) is 0 Å². The van der Waals surface area contributed by atoms with E-state index in [0.717, 1.165) is 49.8 Å². The van der Waals surface area contributed by atoms with Crippen molar-refractivity contribution in [2.45, 2.75) is 32.9 Å². The summed E-state index contributed by atoms with van der Waals surface area (Å²) in [7, 11) is 1.88. The van der Waals surface area contributed by atoms with Crippen molar-refractivity contribution < 1.29 is 23.8 Å². The van der Waals surface area contributed by atoms with Crippen LogP contribution in [0.1, 0.15) is 33.9 Å². The lowest BCUT2D eigenvalue weighted by Crippen LogP contribution is -2.11. The molecule has 0 bridgehead atoms. The summed E-state index contributed by atoms with van der Waals surface area (Å²) < 4.78 is 29.3. The summed E-state index contributed by atoms with van der Waals surface area (Å²) in [6, 6.07) is 13.9. The van der Waals surface area contributed by atoms with E-state index in [-0.39, 0.29) is 11.5 Å². The van der Waals surface area contributed by atoms with E-state index in [1.54, 1.807) is 10.7 Å². The molecule has 0 spiro atoms. The van der Waals surface area contributed by atoms with Crippen LogP contribution in [0.2, 0.25) is 5.02 Å². The van der Waals surface area contributed by atoms with Gasteiger partial charge in [0.25, 0.3) is 0 Å². The van der Waals surface area contributed by atoms with Crippen molar-refractivity contribution >= 4 is 39.2 Å². The molecule has 0 saturated heterocycles. The molecule has 9 heteroatoms. The van der Waals surface area contributed by atoms with Gasteiger partial charge >= 0.3 is 5.97 Å². The van der Waals surface area contributed by atoms with Gasteiger partial charge in [-0.3, -0.25) is 4.68 Å². The van der Waals surface area contributed by atoms with Gasteiger partial charge in [0, 0.05) is 41.2 Å². The van der Waals surface area contributed by atoms with Gasteiger partial charge in [-0.05, 0) is 61.0 Å². The second-order valence-corrected chi connectivity index (χ2v) is 10.6. The summed E-state index contributed by atoms with van der Waals surface area (Å²) in [5, 5.41) is 18.1. The molecule has 3 heterocycles. The molecule has 0 atom stereocenters. The van der Waals surface area contributed by atoms with E-state index in [1.165, 1.54) is 12.1 Å². The fraction of sp³-hybridized carbons (Fsp3) is 0.250. The molecule has 0 aliphatic carbocycles. The topological polar surface area (TPSA) is 78.5 Å². The van der Waals surface area contributed by atoms with Crippen LogP contribution in [0.15, 0.2) is 60.7 Å². The van der Waals surface area contributed by atoms with Crippen LogP contribution in [-0.2, 0) is 31.4 Å². The second-order valence-electron chi connectivity index (χ2n) is 10.2. The molecule has 1 aliphatic rings. The van der Waals surface area contributed by atoms with Crippen molar-refractivity contribution in [1.82, 2.24) is 14.3 Å². The highest BCUT2D eigenvalue weighted by atomic mass is 35.5. The second kappa shape index (κ2) is 11.0. The molecule has 5 aromatic rings. The Morgan fingerprint density at radius 2 is 1.98 bits per heavy atom. The van der Waals surface area contributed by atoms with Crippen molar-refractivity contribution in [3.8, 4) is 16.9 Å². The lowest BCUT2D eigenvalue weighted by atomic mass is 9.98. The predicted octanol–water partition coefficient (Wildman–Crippen LogP) is 7.09. The molecule has 1 N–H and O–H groups in total. The number of aromatic nitrogens is 3. The number of carbonyl (C=O) groups is 1. The van der Waals surface area contributed by atoms with Crippen LogP contribution in [-0.4, -0.2) is 38.6 Å². The largest absolute Gasteiger partial charge is 0.493 e. The first-order valence-electron chi connectivity index (χ1n) is 13.5. The van der Waals surface area contributed by atoms with Crippen LogP contribution in [0.25, 0.3) is 32.8 Å². The van der Waals surface area contributed by atoms with E-state index in [1.807, 2.05) is 61.0 Å². The Kier molecular flexibility index (Phi) is 7.28. The SMILES string of the molecule is Cc1c2c(nn1C)COC/C=C\Cn1c(C(=O)O)c(CCCOc3cccc4cc(F)ccc34)c3ccc(Cl)c-2c31. The molecule has 0 amide bonds. The molecule has 3 aromatic carbocycles. The molecule has 0 unspecified atom stereocenters. The summed E-state index contributed by atoms with van der Waals surface area (Å²) in [6.45, 7) is 3.39. The van der Waals surface area contributed by atoms with Crippen molar-refractivity contribution in [2.24, 2.45) is 7.05 Å². The average molecular weight is 574 g/mol. The number of benzene rings is 3. The smallest absolute Gasteiger partial charge is 0.352 e. The Bertz CT molecular complexity index is 1840. The first-order valence-corrected chi connectivity index (χ1v) is 13.9. The zero-order chi connectivity index (χ0) is 28.7. The van der Waals surface area contributed by atoms with E-state index < -0.39 is 5.97 Å². The minimum Gasteiger partial charge on any atom is -0.493 e. The maximum absolute atomic E-state index is 13.7. The Hall–Kier alpha value is -4.14. The number of halogens is 2. The van der Waals surface area contributed by atoms with Crippen LogP contribution in [0, 0.1) is 12.7 Å². The van der Waals surface area contributed by atoms with Crippen LogP contribution < -0.4 is 4.74 Å². The summed E-state index contributed by atoms with van der Waals surface area (Å²) in [5.41, 5.74) is 5.03. The number of ether oxygens (including phenoxy) is 2. The number of hydrogen-bond donors (Lipinski definition) is 1. The molecule has 2 aromatic heterocycles. The van der Waals surface area contributed by atoms with Gasteiger partial charge in [0.05, 0.1) is 36.1 Å². The minimum atomic E-state index is -1.00. The number of allylic oxidation sites excluding steroid dienone is 1. The number of carboxylic acids is 1. The third-order valence-corrected chi connectivity index (χ3v) is 7.99. The van der Waals surface area contributed by atoms with Crippen LogP contribution in [0.4, 0.5) is 4.39 Å². The Balaban J connectivity index is 1.42. The van der Waals surface area contributed by atoms with Gasteiger partial charge < -0.3 is 19.1 Å². The highest BCUT2D eigenvalue weighted by Gasteiger charge is 2.28. The molecule has 0 saturated carbocycles. The normalized spacial score (nSPS) is 14.1. The number of nitrogens with zero attached hydrogens (tertiary/aromatic N) is 3. The number of carboxylic acid groups (broad SMARTS) is 1. The third kappa shape index (κ3) is 4.87. The summed E-state index contributed by atoms with van der Waals surface area (Å²) >= 11 is 6.87. The summed E-state index contributed by atoms with van der Waals surface area (Å²) in [5.74, 6) is -0.634. The summed E-state index contributed by atoms with van der Waals surface area (Å²) in [4.78, 5) is 12.8. The van der Waals surface area contributed by atoms with Crippen molar-refractivity contribution in [1.29, 1.82) is 0 Å². The van der Waals surface area contributed by atoms with Crippen molar-refractivity contribution in [3.63, 3.8) is 0 Å². The van der Waals surface area contributed by atoms with Gasteiger partial charge in [-0.2, -0.15) is 5.10 Å². The van der Waals surface area contributed by atoms with Crippen LogP contribution in [0.3, 0.4) is 0 Å². The highest BCUT2D eigenvalue weighted by Crippen LogP contribution is 2.42. The Morgan fingerprint density at radius 3 is 2.80 bits per heavy atom. The van der Waals surface area contributed by atoms with Crippen molar-refractivity contribution in [2.75, 3.05) is 13.2 Å². The maximum Gasteiger partial charge on any atom is 0.352 e. The number of fused-ring (bicyclic) bond motifs is 3. The van der Waals surface area contributed by atoms with Gasteiger partial charge in [-0.1, -0.05) is 42.0 Å². The fourth-order valence-electron chi connectivity index (χ4n) is 5.77. The van der Waals surface area contributed by atoms with Crippen LogP contribution in [0.5, 0.6) is 5.75 Å². The maximum atomic E-state index is 13.7. The lowest BCUT2D eigenvalue weighted by molar-refractivity contribution is 0.0685. The number of aryl methyl sites for hydroxylation is 2. The van der Waals surface area contributed by atoms with Gasteiger partial charge in [0.2, 0.25) is 0 Å². The van der Waals surface area contributed by atoms with Gasteiger partial charge in [-0.15, -0.1) is 0 Å². The van der Waals surface area contributed by atoms with E-state index in [4.69, 9.17) is 21.1 Å². The van der Waals surface area contributed by atoms with E-state index in [0.29, 0.717) is 50.0 Å². The van der Waals surface area contributed by atoms with Gasteiger partial charge in [0.1, 0.15) is 17.3 Å². The molecule has 1 aliphatic heterocycles. The standard InChI is InChI=1S/C32H29ClFN3O4/c1-19-28-26(35-36(19)2)18-40-15-4-3-14-37-30-24(12-13-25(33)29(28)30)23(31(37)32(38)39)8-6-16-41-27-9-5-7-20-17-21(34)10-11-22(20)27/h3-5,7,9-13,17H,6,8,14-16,18H2,1-2H3,(H,38,39)/b4-3-. The van der Waals surface area contributed by atoms with Crippen molar-refractivity contribution in [3.05, 3.63) is 94.2 Å². The zero-order valence-corrected chi connectivity index (χ0v) is 23.5. The number of aromatic carboxylic acids is 1. The molecule has 210 valence electrons. The average Bonchev–Trinajstić information content (AvgIpc) is 3.40. The quantitative estimate of drug-likeness (QED) is 0.173. The monoisotopic (exact) mass is 573 g/mol. The molecular weight excluding hydrogens is 545 g/mol. The Labute approximate surface area is 241 Å². The predicted molar refractivity (Wildman–Crippen MR) is 157 cm³/mol. The molecule has 7 nitrogen and oxygen atoms in total. The van der Waals surface area contributed by atoms with Crippen LogP contribution >= 0.6 is 11.6 Å². The molecule has 41 heavy (non-hydrogen) atoms. The van der Waals surface area contributed by atoms with Gasteiger partial charge in [-0.25, -0.2) is 9.18 Å². The first-order chi connectivity index (χ1) is 19.8. The number of rotatable bonds is 6.